The van der Waals surface area contributed by atoms with Gasteiger partial charge in [0.1, 0.15) is 0 Å². The third kappa shape index (κ3) is 6.80. The molecule has 2 N–H and O–H groups in total. The summed E-state index contributed by atoms with van der Waals surface area (Å²) in [6.45, 7) is 6.87. The molecule has 2 rings (SSSR count). The van der Waals surface area contributed by atoms with Crippen molar-refractivity contribution in [3.8, 4) is 0 Å². The highest BCUT2D eigenvalue weighted by molar-refractivity contribution is 7.92. The summed E-state index contributed by atoms with van der Waals surface area (Å²) >= 11 is 5.90. The predicted molar refractivity (Wildman–Crippen MR) is 125 cm³/mol. The van der Waals surface area contributed by atoms with Crippen LogP contribution < -0.4 is 14.9 Å². The number of sulfonamides is 1. The zero-order valence-electron chi connectivity index (χ0n) is 18.1. The van der Waals surface area contributed by atoms with Crippen molar-refractivity contribution in [2.75, 3.05) is 17.4 Å². The number of urea groups is 1. The van der Waals surface area contributed by atoms with E-state index < -0.39 is 34.0 Å². The molecule has 9 nitrogen and oxygen atoms in total. The smallest absolute Gasteiger partial charge is 0.338 e. The van der Waals surface area contributed by atoms with Crippen molar-refractivity contribution in [2.24, 2.45) is 0 Å². The van der Waals surface area contributed by atoms with E-state index in [1.807, 2.05) is 5.32 Å². The van der Waals surface area contributed by atoms with Crippen molar-refractivity contribution in [1.82, 2.24) is 10.6 Å². The zero-order valence-corrected chi connectivity index (χ0v) is 19.7. The van der Waals surface area contributed by atoms with Crippen molar-refractivity contribution >= 4 is 45.2 Å². The summed E-state index contributed by atoms with van der Waals surface area (Å²) in [6.07, 6.45) is 0.144. The van der Waals surface area contributed by atoms with Gasteiger partial charge in [-0.15, -0.1) is 6.58 Å². The third-order valence-corrected chi connectivity index (χ3v) is 6.34. The van der Waals surface area contributed by atoms with Crippen LogP contribution in [0.2, 0.25) is 5.02 Å². The summed E-state index contributed by atoms with van der Waals surface area (Å²) in [7, 11) is -4.07. The number of rotatable bonds is 9. The maximum atomic E-state index is 13.3. The lowest BCUT2D eigenvalue weighted by molar-refractivity contribution is -0.127. The first-order chi connectivity index (χ1) is 15.6. The van der Waals surface area contributed by atoms with E-state index in [2.05, 4.69) is 11.9 Å². The highest BCUT2D eigenvalue weighted by Crippen LogP contribution is 2.26. The maximum Gasteiger partial charge on any atom is 0.338 e. The predicted octanol–water partition coefficient (Wildman–Crippen LogP) is 3.11. The van der Waals surface area contributed by atoms with E-state index in [1.54, 1.807) is 31.2 Å². The molecule has 1 atom stereocenters. The molecule has 0 radical (unpaired) electrons. The number of amides is 3. The van der Waals surface area contributed by atoms with E-state index in [0.717, 1.165) is 10.4 Å². The van der Waals surface area contributed by atoms with Gasteiger partial charge in [0, 0.05) is 11.6 Å². The minimum Gasteiger partial charge on any atom is -0.449 e. The van der Waals surface area contributed by atoms with Crippen molar-refractivity contribution in [3.63, 3.8) is 0 Å². The fraction of sp³-hybridized carbons (Fsp3) is 0.227. The number of ether oxygens (including phenoxy) is 1. The number of benzene rings is 2. The Hall–Kier alpha value is -3.37. The molecule has 3 amide bonds. The summed E-state index contributed by atoms with van der Waals surface area (Å²) in [5, 5.41) is 4.87. The standard InChI is InChI=1S/C22H24ClN3O6S/c1-4-13-26(18-11-9-17(23)10-12-18)33(30,31)19-8-6-7-16(14-19)21(28)32-15(3)20(27)25-22(29)24-5-2/h4,6-12,14-15H,1,5,13H2,2-3H3,(H2,24,25,27,29)/t15-/m0/s1. The Labute approximate surface area is 197 Å². The molecular weight excluding hydrogens is 470 g/mol. The Balaban J connectivity index is 2.25. The first kappa shape index (κ1) is 25.9. The van der Waals surface area contributed by atoms with E-state index in [-0.39, 0.29) is 17.0 Å². The number of carbonyl (C=O) groups is 3. The van der Waals surface area contributed by atoms with Crippen LogP contribution in [0.1, 0.15) is 24.2 Å². The molecule has 0 aliphatic heterocycles. The number of nitrogens with one attached hydrogen (secondary N) is 2. The second-order valence-corrected chi connectivity index (χ2v) is 9.02. The molecule has 0 aromatic heterocycles. The van der Waals surface area contributed by atoms with Gasteiger partial charge >= 0.3 is 12.0 Å². The molecule has 0 saturated carbocycles. The second-order valence-electron chi connectivity index (χ2n) is 6.73. The van der Waals surface area contributed by atoms with Crippen molar-refractivity contribution in [1.29, 1.82) is 0 Å². The molecule has 2 aromatic carbocycles. The third-order valence-electron chi connectivity index (χ3n) is 4.29. The van der Waals surface area contributed by atoms with Crippen LogP contribution in [0, 0.1) is 0 Å². The molecular formula is C22H24ClN3O6S. The number of halogens is 1. The quantitative estimate of drug-likeness (QED) is 0.409. The van der Waals surface area contributed by atoms with Crippen LogP contribution in [0.3, 0.4) is 0 Å². The van der Waals surface area contributed by atoms with Crippen LogP contribution in [0.4, 0.5) is 10.5 Å². The van der Waals surface area contributed by atoms with E-state index >= 15 is 0 Å². The summed E-state index contributed by atoms with van der Waals surface area (Å²) in [6, 6.07) is 10.7. The van der Waals surface area contributed by atoms with Crippen LogP contribution in [0.15, 0.2) is 66.1 Å². The van der Waals surface area contributed by atoms with Crippen molar-refractivity contribution in [2.45, 2.75) is 24.8 Å². The van der Waals surface area contributed by atoms with Crippen LogP contribution >= 0.6 is 11.6 Å². The lowest BCUT2D eigenvalue weighted by Gasteiger charge is -2.23. The van der Waals surface area contributed by atoms with Crippen molar-refractivity contribution < 1.29 is 27.5 Å². The number of carbonyl (C=O) groups excluding carboxylic acids is 3. The lowest BCUT2D eigenvalue weighted by Crippen LogP contribution is -2.44. The lowest BCUT2D eigenvalue weighted by atomic mass is 10.2. The van der Waals surface area contributed by atoms with Crippen LogP contribution in [-0.2, 0) is 19.6 Å². The molecule has 0 fully saturated rings. The topological polar surface area (TPSA) is 122 Å². The number of esters is 1. The normalized spacial score (nSPS) is 11.7. The summed E-state index contributed by atoms with van der Waals surface area (Å²) in [4.78, 5) is 35.8. The summed E-state index contributed by atoms with van der Waals surface area (Å²) < 4.78 is 32.8. The Kier molecular flexibility index (Phi) is 9.01. The van der Waals surface area contributed by atoms with Gasteiger partial charge in [-0.3, -0.25) is 14.4 Å². The van der Waals surface area contributed by atoms with E-state index in [9.17, 15) is 22.8 Å². The molecule has 0 aliphatic carbocycles. The van der Waals surface area contributed by atoms with Crippen molar-refractivity contribution in [3.05, 3.63) is 71.8 Å². The van der Waals surface area contributed by atoms with Gasteiger partial charge in [0.2, 0.25) is 0 Å². The van der Waals surface area contributed by atoms with E-state index in [0.29, 0.717) is 17.3 Å². The molecule has 0 spiro atoms. The first-order valence-electron chi connectivity index (χ1n) is 9.89. The van der Waals surface area contributed by atoms with Gasteiger partial charge in [-0.2, -0.15) is 0 Å². The van der Waals surface area contributed by atoms with Gasteiger partial charge in [-0.05, 0) is 56.3 Å². The van der Waals surface area contributed by atoms with Gasteiger partial charge in [0.25, 0.3) is 15.9 Å². The number of hydrogen-bond acceptors (Lipinski definition) is 6. The fourth-order valence-electron chi connectivity index (χ4n) is 2.68. The zero-order chi connectivity index (χ0) is 24.6. The maximum absolute atomic E-state index is 13.3. The monoisotopic (exact) mass is 493 g/mol. The number of imide groups is 1. The Morgan fingerprint density at radius 2 is 1.85 bits per heavy atom. The molecule has 2 aromatic rings. The average Bonchev–Trinajstić information content (AvgIpc) is 2.78. The van der Waals surface area contributed by atoms with Gasteiger partial charge in [0.15, 0.2) is 6.10 Å². The molecule has 0 heterocycles. The van der Waals surface area contributed by atoms with E-state index in [4.69, 9.17) is 16.3 Å². The number of hydrogen-bond donors (Lipinski definition) is 2. The van der Waals surface area contributed by atoms with Crippen LogP contribution in [0.25, 0.3) is 0 Å². The van der Waals surface area contributed by atoms with E-state index in [1.165, 1.54) is 31.2 Å². The number of anilines is 1. The highest BCUT2D eigenvalue weighted by atomic mass is 35.5. The van der Waals surface area contributed by atoms with Crippen LogP contribution in [-0.4, -0.2) is 45.5 Å². The number of nitrogens with zero attached hydrogens (tertiary/aromatic N) is 1. The molecule has 176 valence electrons. The molecule has 11 heteroatoms. The molecule has 0 bridgehead atoms. The van der Waals surface area contributed by atoms with Crippen LogP contribution in [0.5, 0.6) is 0 Å². The summed E-state index contributed by atoms with van der Waals surface area (Å²) in [5.41, 5.74) is 0.284. The van der Waals surface area contributed by atoms with Gasteiger partial charge in [0.05, 0.1) is 22.7 Å². The Morgan fingerprint density at radius 3 is 2.45 bits per heavy atom. The first-order valence-corrected chi connectivity index (χ1v) is 11.7. The Bertz CT molecular complexity index is 1140. The van der Waals surface area contributed by atoms with Gasteiger partial charge in [-0.25, -0.2) is 18.0 Å². The largest absolute Gasteiger partial charge is 0.449 e. The molecule has 0 unspecified atom stereocenters. The summed E-state index contributed by atoms with van der Waals surface area (Å²) in [5.74, 6) is -1.75. The fourth-order valence-corrected chi connectivity index (χ4v) is 4.29. The van der Waals surface area contributed by atoms with Gasteiger partial charge < -0.3 is 10.1 Å². The molecule has 0 saturated heterocycles. The second kappa shape index (κ2) is 11.5. The molecule has 0 aliphatic rings. The Morgan fingerprint density at radius 1 is 1.18 bits per heavy atom. The minimum absolute atomic E-state index is 0.0182. The average molecular weight is 494 g/mol. The SMILES string of the molecule is C=CCN(c1ccc(Cl)cc1)S(=O)(=O)c1cccc(C(=O)O[C@@H](C)C(=O)NC(=O)NCC)c1. The highest BCUT2D eigenvalue weighted by Gasteiger charge is 2.26. The molecule has 33 heavy (non-hydrogen) atoms. The van der Waals surface area contributed by atoms with Gasteiger partial charge in [-0.1, -0.05) is 23.7 Å². The minimum atomic E-state index is -4.07.